The Hall–Kier alpha value is -3.63. The highest BCUT2D eigenvalue weighted by molar-refractivity contribution is 7.92. The number of aryl methyl sites for hydroxylation is 1. The fourth-order valence-corrected chi connectivity index (χ4v) is 4.51. The van der Waals surface area contributed by atoms with Crippen LogP contribution < -0.4 is 14.2 Å². The lowest BCUT2D eigenvalue weighted by molar-refractivity contribution is 0.391. The molecule has 0 spiro atoms. The molecule has 176 valence electrons. The fraction of sp³-hybridized carbons (Fsp3) is 0.174. The molecular weight excluding hydrogens is 478 g/mol. The molecule has 0 fully saturated rings. The number of hydrogen-bond acceptors (Lipinski definition) is 7. The van der Waals surface area contributed by atoms with Gasteiger partial charge in [0.05, 0.1) is 20.0 Å². The lowest BCUT2D eigenvalue weighted by atomic mass is 10.2. The van der Waals surface area contributed by atoms with E-state index in [0.29, 0.717) is 40.1 Å². The molecule has 0 saturated heterocycles. The van der Waals surface area contributed by atoms with Crippen LogP contribution in [0.15, 0.2) is 66.9 Å². The summed E-state index contributed by atoms with van der Waals surface area (Å²) in [5.41, 5.74) is 1.78. The van der Waals surface area contributed by atoms with E-state index in [4.69, 9.17) is 21.1 Å². The minimum absolute atomic E-state index is 0.0143. The number of sulfonamides is 1. The Morgan fingerprint density at radius 3 is 2.26 bits per heavy atom. The van der Waals surface area contributed by atoms with E-state index in [1.54, 1.807) is 66.9 Å². The van der Waals surface area contributed by atoms with Gasteiger partial charge in [0.15, 0.2) is 5.82 Å². The molecule has 0 atom stereocenters. The first-order valence-electron chi connectivity index (χ1n) is 10.2. The van der Waals surface area contributed by atoms with Crippen LogP contribution in [0.1, 0.15) is 5.56 Å². The predicted molar refractivity (Wildman–Crippen MR) is 130 cm³/mol. The molecule has 9 nitrogen and oxygen atoms in total. The number of aromatic nitrogens is 4. The molecule has 1 N–H and O–H groups in total. The minimum Gasteiger partial charge on any atom is -0.494 e. The summed E-state index contributed by atoms with van der Waals surface area (Å²) in [6.07, 6.45) is 1.91. The summed E-state index contributed by atoms with van der Waals surface area (Å²) in [6, 6.07) is 17.6. The molecule has 0 bridgehead atoms. The van der Waals surface area contributed by atoms with Gasteiger partial charge < -0.3 is 9.47 Å². The number of ether oxygens (including phenoxy) is 2. The van der Waals surface area contributed by atoms with E-state index in [0.717, 1.165) is 5.56 Å². The highest BCUT2D eigenvalue weighted by Crippen LogP contribution is 2.37. The van der Waals surface area contributed by atoms with Crippen molar-refractivity contribution in [1.29, 1.82) is 0 Å². The van der Waals surface area contributed by atoms with Gasteiger partial charge in [-0.15, -0.1) is 10.2 Å². The molecule has 2 aromatic carbocycles. The standard InChI is InChI=1S/C23H22ClN5O4S/c1-32-19-7-5-8-20(33-2)21(19)29-22(18-6-3-4-14-25-18)26-27-23(29)28-34(30,31)15-13-16-9-11-17(24)12-10-16/h3-12,14H,13,15H2,1-2H3,(H,27,28). The second kappa shape index (κ2) is 10.1. The number of pyridine rings is 1. The van der Waals surface area contributed by atoms with Crippen molar-refractivity contribution in [3.05, 3.63) is 77.4 Å². The third-order valence-electron chi connectivity index (χ3n) is 5.00. The van der Waals surface area contributed by atoms with E-state index < -0.39 is 10.0 Å². The van der Waals surface area contributed by atoms with E-state index in [9.17, 15) is 8.42 Å². The molecule has 2 heterocycles. The van der Waals surface area contributed by atoms with Gasteiger partial charge >= 0.3 is 0 Å². The summed E-state index contributed by atoms with van der Waals surface area (Å²) in [7, 11) is -0.764. The number of nitrogens with zero attached hydrogens (tertiary/aromatic N) is 4. The Balaban J connectivity index is 1.75. The van der Waals surface area contributed by atoms with Crippen LogP contribution in [-0.2, 0) is 16.4 Å². The van der Waals surface area contributed by atoms with E-state index in [1.807, 2.05) is 0 Å². The van der Waals surface area contributed by atoms with Crippen LogP contribution in [0.3, 0.4) is 0 Å². The van der Waals surface area contributed by atoms with Gasteiger partial charge in [0.1, 0.15) is 22.9 Å². The Morgan fingerprint density at radius 1 is 0.941 bits per heavy atom. The Morgan fingerprint density at radius 2 is 1.65 bits per heavy atom. The molecule has 2 aromatic heterocycles. The number of nitrogens with one attached hydrogen (secondary N) is 1. The Kier molecular flexibility index (Phi) is 6.99. The zero-order valence-corrected chi connectivity index (χ0v) is 20.0. The highest BCUT2D eigenvalue weighted by atomic mass is 35.5. The monoisotopic (exact) mass is 499 g/mol. The number of rotatable bonds is 9. The van der Waals surface area contributed by atoms with Gasteiger partial charge in [-0.25, -0.2) is 8.42 Å². The second-order valence-corrected chi connectivity index (χ2v) is 9.48. The highest BCUT2D eigenvalue weighted by Gasteiger charge is 2.25. The van der Waals surface area contributed by atoms with Crippen molar-refractivity contribution in [2.24, 2.45) is 0 Å². The molecule has 34 heavy (non-hydrogen) atoms. The zero-order chi connectivity index (χ0) is 24.1. The van der Waals surface area contributed by atoms with Crippen LogP contribution in [-0.4, -0.2) is 48.1 Å². The summed E-state index contributed by atoms with van der Waals surface area (Å²) < 4.78 is 41.1. The van der Waals surface area contributed by atoms with Gasteiger partial charge in [-0.2, -0.15) is 0 Å². The summed E-state index contributed by atoms with van der Waals surface area (Å²) in [6.45, 7) is 0. The number of methoxy groups -OCH3 is 2. The molecule has 11 heteroatoms. The van der Waals surface area contributed by atoms with E-state index >= 15 is 0 Å². The quantitative estimate of drug-likeness (QED) is 0.371. The van der Waals surface area contributed by atoms with E-state index in [1.165, 1.54) is 18.8 Å². The molecule has 0 aliphatic rings. The van der Waals surface area contributed by atoms with Crippen LogP contribution in [0.5, 0.6) is 11.5 Å². The van der Waals surface area contributed by atoms with Crippen LogP contribution >= 0.6 is 11.6 Å². The number of para-hydroxylation sites is 1. The normalized spacial score (nSPS) is 11.3. The van der Waals surface area contributed by atoms with Gasteiger partial charge in [-0.05, 0) is 48.4 Å². The summed E-state index contributed by atoms with van der Waals surface area (Å²) in [4.78, 5) is 4.35. The predicted octanol–water partition coefficient (Wildman–Crippen LogP) is 3.98. The Bertz CT molecular complexity index is 1350. The van der Waals surface area contributed by atoms with Gasteiger partial charge in [0.2, 0.25) is 16.0 Å². The van der Waals surface area contributed by atoms with E-state index in [-0.39, 0.29) is 11.7 Å². The lowest BCUT2D eigenvalue weighted by Gasteiger charge is -2.17. The topological polar surface area (TPSA) is 108 Å². The SMILES string of the molecule is COc1cccc(OC)c1-n1c(NS(=O)(=O)CCc2ccc(Cl)cc2)nnc1-c1ccccn1. The maximum Gasteiger partial charge on any atom is 0.243 e. The van der Waals surface area contributed by atoms with E-state index in [2.05, 4.69) is 19.9 Å². The minimum atomic E-state index is -3.79. The molecule has 0 amide bonds. The van der Waals surface area contributed by atoms with Gasteiger partial charge in [-0.3, -0.25) is 14.3 Å². The van der Waals surface area contributed by atoms with Crippen LogP contribution in [0.2, 0.25) is 5.02 Å². The molecule has 4 rings (SSSR count). The summed E-state index contributed by atoms with van der Waals surface area (Å²) >= 11 is 5.91. The average Bonchev–Trinajstić information content (AvgIpc) is 3.25. The summed E-state index contributed by atoms with van der Waals surface area (Å²) in [5.74, 6) is 1.03. The summed E-state index contributed by atoms with van der Waals surface area (Å²) in [5, 5.41) is 8.94. The van der Waals surface area contributed by atoms with Crippen molar-refractivity contribution in [3.8, 4) is 28.7 Å². The Labute approximate surface area is 202 Å². The first kappa shape index (κ1) is 23.5. The fourth-order valence-electron chi connectivity index (χ4n) is 3.37. The van der Waals surface area contributed by atoms with Gasteiger partial charge in [-0.1, -0.05) is 35.9 Å². The van der Waals surface area contributed by atoms with Crippen molar-refractivity contribution < 1.29 is 17.9 Å². The second-order valence-electron chi connectivity index (χ2n) is 7.21. The van der Waals surface area contributed by atoms with Gasteiger partial charge in [0.25, 0.3) is 0 Å². The zero-order valence-electron chi connectivity index (χ0n) is 18.5. The van der Waals surface area contributed by atoms with Crippen molar-refractivity contribution >= 4 is 27.6 Å². The maximum atomic E-state index is 13.0. The molecule has 0 aliphatic heterocycles. The smallest absolute Gasteiger partial charge is 0.243 e. The van der Waals surface area contributed by atoms with Gasteiger partial charge in [0, 0.05) is 11.2 Å². The third-order valence-corrected chi connectivity index (χ3v) is 6.49. The number of benzene rings is 2. The molecule has 4 aromatic rings. The largest absolute Gasteiger partial charge is 0.494 e. The number of hydrogen-bond donors (Lipinski definition) is 1. The molecule has 0 saturated carbocycles. The molecular formula is C23H22ClN5O4S. The number of anilines is 1. The average molecular weight is 500 g/mol. The third kappa shape index (κ3) is 5.13. The van der Waals surface area contributed by atoms with Crippen molar-refractivity contribution in [1.82, 2.24) is 19.7 Å². The van der Waals surface area contributed by atoms with Crippen molar-refractivity contribution in [3.63, 3.8) is 0 Å². The molecule has 0 aliphatic carbocycles. The first-order chi connectivity index (χ1) is 16.4. The van der Waals surface area contributed by atoms with Crippen LogP contribution in [0, 0.1) is 0 Å². The maximum absolute atomic E-state index is 13.0. The molecule has 0 radical (unpaired) electrons. The van der Waals surface area contributed by atoms with Crippen LogP contribution in [0.4, 0.5) is 5.95 Å². The number of halogens is 1. The lowest BCUT2D eigenvalue weighted by Crippen LogP contribution is -2.21. The first-order valence-corrected chi connectivity index (χ1v) is 12.3. The van der Waals surface area contributed by atoms with Crippen LogP contribution in [0.25, 0.3) is 17.2 Å². The van der Waals surface area contributed by atoms with Crippen molar-refractivity contribution in [2.75, 3.05) is 24.7 Å². The van der Waals surface area contributed by atoms with Crippen molar-refractivity contribution in [2.45, 2.75) is 6.42 Å². The molecule has 0 unspecified atom stereocenters.